The van der Waals surface area contributed by atoms with E-state index in [0.29, 0.717) is 17.0 Å². The van der Waals surface area contributed by atoms with Crippen LogP contribution in [-0.4, -0.2) is 9.97 Å². The molecule has 0 saturated carbocycles. The molecule has 0 amide bonds. The van der Waals surface area contributed by atoms with Crippen LogP contribution in [0.2, 0.25) is 0 Å². The molecule has 1 heterocycles. The van der Waals surface area contributed by atoms with Gasteiger partial charge in [-0.05, 0) is 26.0 Å². The van der Waals surface area contributed by atoms with E-state index in [1.165, 1.54) is 12.1 Å². The van der Waals surface area contributed by atoms with Crippen LogP contribution in [0.15, 0.2) is 24.4 Å². The lowest BCUT2D eigenvalue weighted by Gasteiger charge is -2.05. The molecule has 2 aromatic rings. The molecule has 0 aliphatic carbocycles. The number of hydrogen-bond donors (Lipinski definition) is 0. The zero-order valence-electron chi connectivity index (χ0n) is 8.96. The van der Waals surface area contributed by atoms with Crippen LogP contribution in [-0.2, 0) is 0 Å². The van der Waals surface area contributed by atoms with Gasteiger partial charge in [-0.25, -0.2) is 8.78 Å². The average Bonchev–Trinajstić information content (AvgIpc) is 2.15. The molecule has 4 heteroatoms. The van der Waals surface area contributed by atoms with E-state index in [1.807, 2.05) is 6.92 Å². The number of halogens is 2. The highest BCUT2D eigenvalue weighted by molar-refractivity contribution is 5.61. The summed E-state index contributed by atoms with van der Waals surface area (Å²) in [4.78, 5) is 8.34. The number of nitrogens with zero attached hydrogens (tertiary/aromatic N) is 2. The van der Waals surface area contributed by atoms with Gasteiger partial charge in [0, 0.05) is 17.8 Å². The maximum Gasteiger partial charge on any atom is 0.126 e. The fraction of sp³-hybridized carbons (Fsp3) is 0.167. The molecular formula is C12H10F2N2. The van der Waals surface area contributed by atoms with Crippen LogP contribution in [0.1, 0.15) is 11.4 Å². The number of aryl methyl sites for hydroxylation is 2. The van der Waals surface area contributed by atoms with E-state index in [1.54, 1.807) is 13.1 Å². The minimum atomic E-state index is -0.614. The van der Waals surface area contributed by atoms with Gasteiger partial charge in [0.1, 0.15) is 11.6 Å². The Morgan fingerprint density at radius 2 is 1.62 bits per heavy atom. The molecule has 0 N–H and O–H groups in total. The van der Waals surface area contributed by atoms with E-state index < -0.39 is 11.6 Å². The van der Waals surface area contributed by atoms with Crippen molar-refractivity contribution in [3.63, 3.8) is 0 Å². The van der Waals surface area contributed by atoms with Crippen LogP contribution in [0.5, 0.6) is 0 Å². The predicted molar refractivity (Wildman–Crippen MR) is 56.9 cm³/mol. The molecule has 82 valence electrons. The van der Waals surface area contributed by atoms with Crippen LogP contribution in [0, 0.1) is 25.5 Å². The molecule has 1 aromatic carbocycles. The largest absolute Gasteiger partial charge is 0.255 e. The monoisotopic (exact) mass is 220 g/mol. The molecule has 0 aliphatic rings. The second-order valence-electron chi connectivity index (χ2n) is 3.60. The normalized spacial score (nSPS) is 10.5. The van der Waals surface area contributed by atoms with Crippen LogP contribution in [0.4, 0.5) is 8.78 Å². The van der Waals surface area contributed by atoms with Crippen LogP contribution < -0.4 is 0 Å². The first-order valence-electron chi connectivity index (χ1n) is 4.83. The summed E-state index contributed by atoms with van der Waals surface area (Å²) < 4.78 is 26.1. The lowest BCUT2D eigenvalue weighted by molar-refractivity contribution is 0.584. The summed E-state index contributed by atoms with van der Waals surface area (Å²) in [6, 6.07) is 3.32. The van der Waals surface area contributed by atoms with Crippen LogP contribution >= 0.6 is 0 Å². The van der Waals surface area contributed by atoms with Crippen LogP contribution in [0.25, 0.3) is 11.3 Å². The standard InChI is InChI=1S/C12H10F2N2/c1-7-6-15-12(8(2)16-7)9-3-10(13)5-11(14)4-9/h3-6H,1-2H3. The maximum atomic E-state index is 13.0. The Labute approximate surface area is 92.0 Å². The van der Waals surface area contributed by atoms with Gasteiger partial charge in [-0.2, -0.15) is 0 Å². The number of hydrogen-bond acceptors (Lipinski definition) is 2. The molecule has 0 aliphatic heterocycles. The van der Waals surface area contributed by atoms with Crippen molar-refractivity contribution < 1.29 is 8.78 Å². The summed E-state index contributed by atoms with van der Waals surface area (Å²) in [6.07, 6.45) is 1.57. The fourth-order valence-corrected chi connectivity index (χ4v) is 1.57. The third kappa shape index (κ3) is 2.05. The van der Waals surface area contributed by atoms with E-state index in [-0.39, 0.29) is 0 Å². The van der Waals surface area contributed by atoms with Gasteiger partial charge >= 0.3 is 0 Å². The molecule has 2 nitrogen and oxygen atoms in total. The number of benzene rings is 1. The molecule has 0 radical (unpaired) electrons. The summed E-state index contributed by atoms with van der Waals surface area (Å²) >= 11 is 0. The first-order valence-corrected chi connectivity index (χ1v) is 4.83. The van der Waals surface area contributed by atoms with Crippen molar-refractivity contribution in [2.24, 2.45) is 0 Å². The summed E-state index contributed by atoms with van der Waals surface area (Å²) in [7, 11) is 0. The first kappa shape index (κ1) is 10.7. The van der Waals surface area contributed by atoms with E-state index >= 15 is 0 Å². The third-order valence-corrected chi connectivity index (χ3v) is 2.20. The summed E-state index contributed by atoms with van der Waals surface area (Å²) in [5.74, 6) is -1.23. The highest BCUT2D eigenvalue weighted by atomic mass is 19.1. The first-order chi connectivity index (χ1) is 7.56. The average molecular weight is 220 g/mol. The van der Waals surface area contributed by atoms with E-state index in [0.717, 1.165) is 11.8 Å². The molecule has 0 bridgehead atoms. The second-order valence-corrected chi connectivity index (χ2v) is 3.60. The SMILES string of the molecule is Cc1cnc(-c2cc(F)cc(F)c2)c(C)n1. The van der Waals surface area contributed by atoms with Crippen molar-refractivity contribution in [3.05, 3.63) is 47.4 Å². The molecule has 0 saturated heterocycles. The topological polar surface area (TPSA) is 25.8 Å². The lowest BCUT2D eigenvalue weighted by atomic mass is 10.1. The van der Waals surface area contributed by atoms with E-state index in [9.17, 15) is 8.78 Å². The van der Waals surface area contributed by atoms with Gasteiger partial charge in [-0.15, -0.1) is 0 Å². The van der Waals surface area contributed by atoms with Gasteiger partial charge in [-0.1, -0.05) is 0 Å². The maximum absolute atomic E-state index is 13.0. The van der Waals surface area contributed by atoms with Gasteiger partial charge < -0.3 is 0 Å². The van der Waals surface area contributed by atoms with Gasteiger partial charge in [0.05, 0.1) is 17.1 Å². The number of rotatable bonds is 1. The Morgan fingerprint density at radius 1 is 1.00 bits per heavy atom. The molecule has 16 heavy (non-hydrogen) atoms. The summed E-state index contributed by atoms with van der Waals surface area (Å²) in [5.41, 5.74) is 2.34. The molecule has 0 spiro atoms. The molecule has 2 rings (SSSR count). The fourth-order valence-electron chi connectivity index (χ4n) is 1.57. The predicted octanol–water partition coefficient (Wildman–Crippen LogP) is 3.04. The molecule has 0 atom stereocenters. The zero-order chi connectivity index (χ0) is 11.7. The Morgan fingerprint density at radius 3 is 2.19 bits per heavy atom. The third-order valence-electron chi connectivity index (χ3n) is 2.20. The Bertz CT molecular complexity index is 518. The smallest absolute Gasteiger partial charge is 0.126 e. The molecular weight excluding hydrogens is 210 g/mol. The van der Waals surface area contributed by atoms with E-state index in [2.05, 4.69) is 9.97 Å². The second kappa shape index (κ2) is 3.96. The molecule has 1 aromatic heterocycles. The summed E-state index contributed by atoms with van der Waals surface area (Å²) in [5, 5.41) is 0. The Hall–Kier alpha value is -1.84. The Kier molecular flexibility index (Phi) is 2.64. The van der Waals surface area contributed by atoms with Gasteiger partial charge in [-0.3, -0.25) is 9.97 Å². The van der Waals surface area contributed by atoms with Crippen molar-refractivity contribution in [2.45, 2.75) is 13.8 Å². The van der Waals surface area contributed by atoms with E-state index in [4.69, 9.17) is 0 Å². The molecule has 0 unspecified atom stereocenters. The van der Waals surface area contributed by atoms with Gasteiger partial charge in [0.2, 0.25) is 0 Å². The van der Waals surface area contributed by atoms with Crippen molar-refractivity contribution in [3.8, 4) is 11.3 Å². The van der Waals surface area contributed by atoms with Crippen molar-refractivity contribution in [1.82, 2.24) is 9.97 Å². The van der Waals surface area contributed by atoms with Crippen molar-refractivity contribution in [2.75, 3.05) is 0 Å². The minimum absolute atomic E-state index is 0.405. The lowest BCUT2D eigenvalue weighted by Crippen LogP contribution is -1.95. The Balaban J connectivity index is 2.58. The highest BCUT2D eigenvalue weighted by Gasteiger charge is 2.08. The zero-order valence-corrected chi connectivity index (χ0v) is 8.96. The van der Waals surface area contributed by atoms with Crippen LogP contribution in [0.3, 0.4) is 0 Å². The number of aromatic nitrogens is 2. The van der Waals surface area contributed by atoms with Crippen molar-refractivity contribution >= 4 is 0 Å². The van der Waals surface area contributed by atoms with Gasteiger partial charge in [0.15, 0.2) is 0 Å². The molecule has 0 fully saturated rings. The quantitative estimate of drug-likeness (QED) is 0.738. The summed E-state index contributed by atoms with van der Waals surface area (Å²) in [6.45, 7) is 3.58. The van der Waals surface area contributed by atoms with Gasteiger partial charge in [0.25, 0.3) is 0 Å². The highest BCUT2D eigenvalue weighted by Crippen LogP contribution is 2.21. The van der Waals surface area contributed by atoms with Crippen molar-refractivity contribution in [1.29, 1.82) is 0 Å². The minimum Gasteiger partial charge on any atom is -0.255 e.